The fraction of sp³-hybridized carbons (Fsp3) is 0.273. The van der Waals surface area contributed by atoms with Crippen molar-refractivity contribution in [2.24, 2.45) is 5.73 Å². The highest BCUT2D eigenvalue weighted by molar-refractivity contribution is 5.15. The van der Waals surface area contributed by atoms with Crippen molar-refractivity contribution in [2.45, 2.75) is 13.0 Å². The zero-order valence-electron chi connectivity index (χ0n) is 8.50. The lowest BCUT2D eigenvalue weighted by atomic mass is 10.2. The Bertz CT molecular complexity index is 408. The van der Waals surface area contributed by atoms with Crippen molar-refractivity contribution in [3.63, 3.8) is 0 Å². The third-order valence-corrected chi connectivity index (χ3v) is 2.28. The highest BCUT2D eigenvalue weighted by Gasteiger charge is 2.02. The van der Waals surface area contributed by atoms with Crippen LogP contribution in [0.25, 0.3) is 0 Å². The van der Waals surface area contributed by atoms with Crippen molar-refractivity contribution in [3.05, 3.63) is 48.3 Å². The molecular weight excluding hydrogens is 188 g/mol. The van der Waals surface area contributed by atoms with Gasteiger partial charge in [-0.2, -0.15) is 0 Å². The van der Waals surface area contributed by atoms with Gasteiger partial charge in [0.1, 0.15) is 5.82 Å². The Hall–Kier alpha value is -1.68. The predicted molar refractivity (Wildman–Crippen MR) is 58.3 cm³/mol. The van der Waals surface area contributed by atoms with E-state index in [0.29, 0.717) is 6.54 Å². The summed E-state index contributed by atoms with van der Waals surface area (Å²) in [6.07, 6.45) is 8.20. The molecule has 4 nitrogen and oxygen atoms in total. The molecule has 0 aliphatic rings. The SMILES string of the molecule is NCCn1ccnc1Cc1ccncc1. The van der Waals surface area contributed by atoms with E-state index < -0.39 is 0 Å². The number of rotatable bonds is 4. The fourth-order valence-electron chi connectivity index (χ4n) is 1.53. The number of hydrogen-bond donors (Lipinski definition) is 1. The van der Waals surface area contributed by atoms with E-state index >= 15 is 0 Å². The van der Waals surface area contributed by atoms with Crippen LogP contribution in [0.4, 0.5) is 0 Å². The van der Waals surface area contributed by atoms with Crippen molar-refractivity contribution in [3.8, 4) is 0 Å². The molecule has 0 bridgehead atoms. The van der Waals surface area contributed by atoms with Gasteiger partial charge in [-0.25, -0.2) is 4.98 Å². The molecule has 0 aliphatic carbocycles. The van der Waals surface area contributed by atoms with Gasteiger partial charge in [-0.3, -0.25) is 4.98 Å². The molecule has 0 saturated carbocycles. The van der Waals surface area contributed by atoms with Gasteiger partial charge in [0.15, 0.2) is 0 Å². The summed E-state index contributed by atoms with van der Waals surface area (Å²) in [4.78, 5) is 8.30. The third-order valence-electron chi connectivity index (χ3n) is 2.28. The van der Waals surface area contributed by atoms with Gasteiger partial charge >= 0.3 is 0 Å². The standard InChI is InChI=1S/C11H14N4/c12-3-7-15-8-6-14-11(15)9-10-1-4-13-5-2-10/h1-2,4-6,8H,3,7,9,12H2. The number of nitrogens with two attached hydrogens (primary N) is 1. The molecule has 2 rings (SSSR count). The summed E-state index contributed by atoms with van der Waals surface area (Å²) < 4.78 is 2.08. The number of pyridine rings is 1. The van der Waals surface area contributed by atoms with Gasteiger partial charge in [-0.15, -0.1) is 0 Å². The Kier molecular flexibility index (Phi) is 3.09. The average Bonchev–Trinajstić information content (AvgIpc) is 2.68. The van der Waals surface area contributed by atoms with Gasteiger partial charge in [-0.05, 0) is 17.7 Å². The van der Waals surface area contributed by atoms with Gasteiger partial charge < -0.3 is 10.3 Å². The first-order chi connectivity index (χ1) is 7.40. The molecule has 0 spiro atoms. The lowest BCUT2D eigenvalue weighted by Crippen LogP contribution is -2.12. The zero-order chi connectivity index (χ0) is 10.5. The molecule has 78 valence electrons. The minimum atomic E-state index is 0.639. The highest BCUT2D eigenvalue weighted by Crippen LogP contribution is 2.06. The first kappa shape index (κ1) is 9.86. The largest absolute Gasteiger partial charge is 0.333 e. The van der Waals surface area contributed by atoms with Crippen LogP contribution in [0.3, 0.4) is 0 Å². The zero-order valence-corrected chi connectivity index (χ0v) is 8.50. The molecule has 4 heteroatoms. The molecule has 0 radical (unpaired) electrons. The molecular formula is C11H14N4. The average molecular weight is 202 g/mol. The van der Waals surface area contributed by atoms with Gasteiger partial charge in [0.25, 0.3) is 0 Å². The van der Waals surface area contributed by atoms with Crippen molar-refractivity contribution >= 4 is 0 Å². The minimum absolute atomic E-state index is 0.639. The second-order valence-electron chi connectivity index (χ2n) is 3.36. The van der Waals surface area contributed by atoms with E-state index in [1.807, 2.05) is 24.5 Å². The Morgan fingerprint density at radius 3 is 2.73 bits per heavy atom. The molecule has 2 aromatic rings. The van der Waals surface area contributed by atoms with Crippen LogP contribution in [0, 0.1) is 0 Å². The topological polar surface area (TPSA) is 56.7 Å². The van der Waals surface area contributed by atoms with Crippen LogP contribution < -0.4 is 5.73 Å². The van der Waals surface area contributed by atoms with Crippen LogP contribution in [0.15, 0.2) is 36.9 Å². The van der Waals surface area contributed by atoms with E-state index in [-0.39, 0.29) is 0 Å². The molecule has 2 heterocycles. The summed E-state index contributed by atoms with van der Waals surface area (Å²) >= 11 is 0. The monoisotopic (exact) mass is 202 g/mol. The van der Waals surface area contributed by atoms with Crippen LogP contribution in [0.1, 0.15) is 11.4 Å². The van der Waals surface area contributed by atoms with Gasteiger partial charge in [-0.1, -0.05) is 0 Å². The first-order valence-electron chi connectivity index (χ1n) is 4.99. The van der Waals surface area contributed by atoms with Crippen molar-refractivity contribution in [1.29, 1.82) is 0 Å². The highest BCUT2D eigenvalue weighted by atomic mass is 15.1. The van der Waals surface area contributed by atoms with E-state index in [1.54, 1.807) is 12.4 Å². The van der Waals surface area contributed by atoms with E-state index in [2.05, 4.69) is 14.5 Å². The molecule has 0 unspecified atom stereocenters. The van der Waals surface area contributed by atoms with E-state index in [0.717, 1.165) is 18.8 Å². The Labute approximate surface area is 88.8 Å². The Morgan fingerprint density at radius 1 is 1.20 bits per heavy atom. The second kappa shape index (κ2) is 4.70. The van der Waals surface area contributed by atoms with Gasteiger partial charge in [0.05, 0.1) is 0 Å². The molecule has 0 atom stereocenters. The molecule has 0 amide bonds. The molecule has 0 saturated heterocycles. The number of imidazole rings is 1. The smallest absolute Gasteiger partial charge is 0.113 e. The molecule has 0 aliphatic heterocycles. The molecule has 0 aromatic carbocycles. The summed E-state index contributed by atoms with van der Waals surface area (Å²) in [6, 6.07) is 4.00. The van der Waals surface area contributed by atoms with Crippen LogP contribution in [0.5, 0.6) is 0 Å². The van der Waals surface area contributed by atoms with Crippen LogP contribution in [-0.4, -0.2) is 21.1 Å². The maximum atomic E-state index is 5.52. The summed E-state index contributed by atoms with van der Waals surface area (Å²) in [7, 11) is 0. The summed E-state index contributed by atoms with van der Waals surface area (Å²) in [6.45, 7) is 1.46. The molecule has 2 N–H and O–H groups in total. The lowest BCUT2D eigenvalue weighted by Gasteiger charge is -2.05. The maximum absolute atomic E-state index is 5.52. The van der Waals surface area contributed by atoms with Crippen molar-refractivity contribution in [1.82, 2.24) is 14.5 Å². The van der Waals surface area contributed by atoms with E-state index in [1.165, 1.54) is 5.56 Å². The third kappa shape index (κ3) is 2.41. The molecule has 0 fully saturated rings. The summed E-state index contributed by atoms with van der Waals surface area (Å²) in [5.41, 5.74) is 6.74. The van der Waals surface area contributed by atoms with E-state index in [9.17, 15) is 0 Å². The summed E-state index contributed by atoms with van der Waals surface area (Å²) in [5.74, 6) is 1.05. The number of hydrogen-bond acceptors (Lipinski definition) is 3. The second-order valence-corrected chi connectivity index (χ2v) is 3.36. The first-order valence-corrected chi connectivity index (χ1v) is 4.99. The molecule has 2 aromatic heterocycles. The number of aromatic nitrogens is 3. The Morgan fingerprint density at radius 2 is 2.00 bits per heavy atom. The predicted octanol–water partition coefficient (Wildman–Crippen LogP) is 0.828. The maximum Gasteiger partial charge on any atom is 0.113 e. The summed E-state index contributed by atoms with van der Waals surface area (Å²) in [5, 5.41) is 0. The van der Waals surface area contributed by atoms with Gasteiger partial charge in [0.2, 0.25) is 0 Å². The lowest BCUT2D eigenvalue weighted by molar-refractivity contribution is 0.671. The molecule has 15 heavy (non-hydrogen) atoms. The Balaban J connectivity index is 2.14. The van der Waals surface area contributed by atoms with Crippen molar-refractivity contribution in [2.75, 3.05) is 6.54 Å². The quantitative estimate of drug-likeness (QED) is 0.798. The van der Waals surface area contributed by atoms with E-state index in [4.69, 9.17) is 5.73 Å². The fourth-order valence-corrected chi connectivity index (χ4v) is 1.53. The van der Waals surface area contributed by atoms with Crippen LogP contribution in [0.2, 0.25) is 0 Å². The number of nitrogens with zero attached hydrogens (tertiary/aromatic N) is 3. The normalized spacial score (nSPS) is 10.5. The van der Waals surface area contributed by atoms with Gasteiger partial charge in [0, 0.05) is 44.3 Å². The minimum Gasteiger partial charge on any atom is -0.333 e. The van der Waals surface area contributed by atoms with Crippen LogP contribution in [-0.2, 0) is 13.0 Å². The van der Waals surface area contributed by atoms with Crippen molar-refractivity contribution < 1.29 is 0 Å². The van der Waals surface area contributed by atoms with Crippen LogP contribution >= 0.6 is 0 Å².